The summed E-state index contributed by atoms with van der Waals surface area (Å²) in [6, 6.07) is 9.01. The maximum absolute atomic E-state index is 3.68. The Balaban J connectivity index is 2.35. The number of allylic oxidation sites excluding steroid dienone is 8. The molecule has 1 aliphatic carbocycles. The highest BCUT2D eigenvalue weighted by Gasteiger charge is 2.19. The van der Waals surface area contributed by atoms with Crippen molar-refractivity contribution < 1.29 is 0 Å². The highest BCUT2D eigenvalue weighted by molar-refractivity contribution is 5.80. The quantitative estimate of drug-likeness (QED) is 0.586. The maximum Gasteiger partial charge on any atom is 0.0454 e. The number of hydrogen-bond donors (Lipinski definition) is 1. The zero-order valence-corrected chi connectivity index (χ0v) is 16.3. The zero-order valence-electron chi connectivity index (χ0n) is 16.3. The van der Waals surface area contributed by atoms with Gasteiger partial charge in [-0.25, -0.2) is 0 Å². The topological polar surface area (TPSA) is 12.0 Å². The molecule has 2 rings (SSSR count). The third-order valence-corrected chi connectivity index (χ3v) is 4.76. The third-order valence-electron chi connectivity index (χ3n) is 4.76. The van der Waals surface area contributed by atoms with E-state index in [1.807, 2.05) is 13.0 Å². The second-order valence-corrected chi connectivity index (χ2v) is 6.74. The highest BCUT2D eigenvalue weighted by atomic mass is 14.9. The smallest absolute Gasteiger partial charge is 0.0454 e. The Labute approximate surface area is 153 Å². The lowest BCUT2D eigenvalue weighted by Gasteiger charge is -2.26. The molecule has 1 nitrogen and oxygen atoms in total. The summed E-state index contributed by atoms with van der Waals surface area (Å²) in [6.45, 7) is 10.8. The molecule has 0 aliphatic heterocycles. The molecular weight excluding hydrogens is 302 g/mol. The summed E-state index contributed by atoms with van der Waals surface area (Å²) in [6.07, 6.45) is 15.1. The lowest BCUT2D eigenvalue weighted by atomic mass is 9.84. The van der Waals surface area contributed by atoms with Crippen molar-refractivity contribution in [2.75, 3.05) is 0 Å². The molecule has 1 atom stereocenters. The van der Waals surface area contributed by atoms with Crippen molar-refractivity contribution in [3.63, 3.8) is 0 Å². The fraction of sp³-hybridized carbons (Fsp3) is 0.333. The van der Waals surface area contributed by atoms with Crippen LogP contribution in [-0.2, 0) is 0 Å². The van der Waals surface area contributed by atoms with Crippen molar-refractivity contribution in [2.24, 2.45) is 0 Å². The fourth-order valence-electron chi connectivity index (χ4n) is 3.29. The van der Waals surface area contributed by atoms with Crippen LogP contribution in [-0.4, -0.2) is 6.04 Å². The first-order valence-electron chi connectivity index (χ1n) is 9.25. The summed E-state index contributed by atoms with van der Waals surface area (Å²) >= 11 is 0. The van der Waals surface area contributed by atoms with Crippen LogP contribution in [0.25, 0.3) is 5.57 Å². The van der Waals surface area contributed by atoms with Gasteiger partial charge >= 0.3 is 0 Å². The molecule has 132 valence electrons. The van der Waals surface area contributed by atoms with Crippen LogP contribution in [0.3, 0.4) is 0 Å². The van der Waals surface area contributed by atoms with Gasteiger partial charge in [-0.3, -0.25) is 0 Å². The van der Waals surface area contributed by atoms with Crippen LogP contribution in [0.5, 0.6) is 0 Å². The monoisotopic (exact) mass is 333 g/mol. The van der Waals surface area contributed by atoms with Crippen molar-refractivity contribution in [2.45, 2.75) is 53.5 Å². The minimum Gasteiger partial charge on any atom is -0.379 e. The van der Waals surface area contributed by atoms with E-state index >= 15 is 0 Å². The number of hydrogen-bond acceptors (Lipinski definition) is 1. The summed E-state index contributed by atoms with van der Waals surface area (Å²) in [4.78, 5) is 0. The zero-order chi connectivity index (χ0) is 18.2. The first-order chi connectivity index (χ1) is 12.1. The number of nitrogens with one attached hydrogen (secondary N) is 1. The van der Waals surface area contributed by atoms with Gasteiger partial charge in [-0.1, -0.05) is 60.2 Å². The molecule has 25 heavy (non-hydrogen) atoms. The Morgan fingerprint density at radius 3 is 2.52 bits per heavy atom. The summed E-state index contributed by atoms with van der Waals surface area (Å²) < 4.78 is 0. The first kappa shape index (κ1) is 19.1. The van der Waals surface area contributed by atoms with E-state index in [-0.39, 0.29) is 0 Å². The van der Waals surface area contributed by atoms with Crippen LogP contribution in [0, 0.1) is 6.92 Å². The van der Waals surface area contributed by atoms with E-state index in [0.29, 0.717) is 6.04 Å². The molecule has 0 saturated heterocycles. The van der Waals surface area contributed by atoms with Gasteiger partial charge in [-0.2, -0.15) is 0 Å². The molecule has 1 aromatic carbocycles. The van der Waals surface area contributed by atoms with Gasteiger partial charge in [0.2, 0.25) is 0 Å². The van der Waals surface area contributed by atoms with Gasteiger partial charge in [0.25, 0.3) is 0 Å². The normalized spacial score (nSPS) is 17.3. The Bertz CT molecular complexity index is 741. The van der Waals surface area contributed by atoms with Crippen LogP contribution in [0.15, 0.2) is 77.6 Å². The molecular formula is C24H31N. The van der Waals surface area contributed by atoms with Crippen molar-refractivity contribution >= 4 is 5.57 Å². The molecule has 1 heteroatoms. The van der Waals surface area contributed by atoms with Gasteiger partial charge < -0.3 is 5.32 Å². The minimum atomic E-state index is 0.306. The Morgan fingerprint density at radius 1 is 1.08 bits per heavy atom. The van der Waals surface area contributed by atoms with E-state index in [1.165, 1.54) is 27.8 Å². The van der Waals surface area contributed by atoms with Crippen molar-refractivity contribution in [3.8, 4) is 0 Å². The summed E-state index contributed by atoms with van der Waals surface area (Å²) in [7, 11) is 0. The molecule has 0 fully saturated rings. The molecule has 0 spiro atoms. The van der Waals surface area contributed by atoms with Crippen LogP contribution in [0.1, 0.15) is 51.7 Å². The number of aryl methyl sites for hydroxylation is 1. The molecule has 0 heterocycles. The van der Waals surface area contributed by atoms with E-state index in [0.717, 1.165) is 18.5 Å². The summed E-state index contributed by atoms with van der Waals surface area (Å²) in [5.41, 5.74) is 8.22. The second-order valence-electron chi connectivity index (χ2n) is 6.74. The first-order valence-corrected chi connectivity index (χ1v) is 9.25. The van der Waals surface area contributed by atoms with E-state index in [1.54, 1.807) is 0 Å². The highest BCUT2D eigenvalue weighted by Crippen LogP contribution is 2.34. The van der Waals surface area contributed by atoms with E-state index in [4.69, 9.17) is 0 Å². The van der Waals surface area contributed by atoms with Crippen molar-refractivity contribution in [1.29, 1.82) is 0 Å². The molecule has 1 aromatic rings. The van der Waals surface area contributed by atoms with E-state index in [2.05, 4.69) is 87.7 Å². The molecule has 1 aliphatic rings. The van der Waals surface area contributed by atoms with E-state index < -0.39 is 0 Å². The molecule has 1 unspecified atom stereocenters. The second kappa shape index (κ2) is 9.27. The Hall–Kier alpha value is -2.28. The number of rotatable bonds is 6. The van der Waals surface area contributed by atoms with Gasteiger partial charge in [0.05, 0.1) is 0 Å². The standard InChI is InChI=1S/C24H31N/c1-6-8-9-13-21(7-2)25-20(5)23-16-15-18(3)17-24(23)22-14-11-10-12-19(22)4/h6-14,17,20,25H,15-16H2,1-5H3/b8-6-,13-9-,21-7-. The fourth-order valence-corrected chi connectivity index (χ4v) is 3.29. The minimum absolute atomic E-state index is 0.306. The van der Waals surface area contributed by atoms with Gasteiger partial charge in [0.15, 0.2) is 0 Å². The average Bonchev–Trinajstić information content (AvgIpc) is 2.61. The van der Waals surface area contributed by atoms with Crippen LogP contribution in [0.4, 0.5) is 0 Å². The van der Waals surface area contributed by atoms with Crippen LogP contribution >= 0.6 is 0 Å². The molecule has 0 aromatic heterocycles. The van der Waals surface area contributed by atoms with Gasteiger partial charge in [-0.05, 0) is 75.8 Å². The van der Waals surface area contributed by atoms with Crippen LogP contribution in [0.2, 0.25) is 0 Å². The van der Waals surface area contributed by atoms with Crippen LogP contribution < -0.4 is 5.32 Å². The van der Waals surface area contributed by atoms with Crippen molar-refractivity contribution in [3.05, 3.63) is 88.7 Å². The predicted octanol–water partition coefficient (Wildman–Crippen LogP) is 6.50. The maximum atomic E-state index is 3.68. The predicted molar refractivity (Wildman–Crippen MR) is 111 cm³/mol. The lowest BCUT2D eigenvalue weighted by Crippen LogP contribution is -2.28. The Kier molecular flexibility index (Phi) is 7.06. The van der Waals surface area contributed by atoms with Gasteiger partial charge in [0.1, 0.15) is 0 Å². The Morgan fingerprint density at radius 2 is 1.84 bits per heavy atom. The molecule has 0 saturated carbocycles. The molecule has 0 amide bonds. The molecule has 1 N–H and O–H groups in total. The van der Waals surface area contributed by atoms with Gasteiger partial charge in [-0.15, -0.1) is 0 Å². The van der Waals surface area contributed by atoms with Crippen molar-refractivity contribution in [1.82, 2.24) is 5.32 Å². The largest absolute Gasteiger partial charge is 0.379 e. The average molecular weight is 334 g/mol. The third kappa shape index (κ3) is 5.09. The molecule has 0 bridgehead atoms. The lowest BCUT2D eigenvalue weighted by molar-refractivity contribution is 0.667. The van der Waals surface area contributed by atoms with E-state index in [9.17, 15) is 0 Å². The molecule has 0 radical (unpaired) electrons. The number of benzene rings is 1. The SMILES string of the molecule is C\C=C/C=C\C(=C\C)NC(C)C1=C(c2ccccc2C)C=C(C)CC1. The summed E-state index contributed by atoms with van der Waals surface area (Å²) in [5.74, 6) is 0. The summed E-state index contributed by atoms with van der Waals surface area (Å²) in [5, 5.41) is 3.68. The van der Waals surface area contributed by atoms with Gasteiger partial charge in [0, 0.05) is 11.7 Å².